The van der Waals surface area contributed by atoms with Gasteiger partial charge in [-0.05, 0) is 24.3 Å². The zero-order chi connectivity index (χ0) is 14.4. The second-order valence-electron chi connectivity index (χ2n) is 4.12. The highest BCUT2D eigenvalue weighted by atomic mass is 35.5. The molecule has 0 aliphatic carbocycles. The van der Waals surface area contributed by atoms with Crippen molar-refractivity contribution < 1.29 is 0 Å². The molecule has 3 aromatic rings. The highest BCUT2D eigenvalue weighted by Crippen LogP contribution is 2.29. The van der Waals surface area contributed by atoms with E-state index in [0.717, 1.165) is 11.3 Å². The average Bonchev–Trinajstić information content (AvgIpc) is 2.88. The molecule has 2 nitrogen and oxygen atoms in total. The predicted octanol–water partition coefficient (Wildman–Crippen LogP) is 5.08. The lowest BCUT2D eigenvalue weighted by Crippen LogP contribution is -1.93. The highest BCUT2D eigenvalue weighted by Gasteiger charge is 2.06. The van der Waals surface area contributed by atoms with Crippen LogP contribution in [0.3, 0.4) is 0 Å². The van der Waals surface area contributed by atoms with Crippen molar-refractivity contribution in [3.63, 3.8) is 0 Å². The van der Waals surface area contributed by atoms with Crippen molar-refractivity contribution in [2.24, 2.45) is 7.05 Å². The zero-order valence-corrected chi connectivity index (χ0v) is 12.5. The maximum Gasteiger partial charge on any atom is 0.0693 e. The molecule has 20 heavy (non-hydrogen) atoms. The molecular formula is C16H14Cl2N2. The number of rotatable bonds is 1. The number of hydrogen-bond donors (Lipinski definition) is 0. The lowest BCUT2D eigenvalue weighted by molar-refractivity contribution is 0.776. The van der Waals surface area contributed by atoms with Gasteiger partial charge in [-0.1, -0.05) is 59.6 Å². The molecule has 0 aliphatic heterocycles. The van der Waals surface area contributed by atoms with Crippen molar-refractivity contribution in [1.82, 2.24) is 9.78 Å². The van der Waals surface area contributed by atoms with E-state index in [1.54, 1.807) is 16.9 Å². The van der Waals surface area contributed by atoms with Gasteiger partial charge in [0, 0.05) is 23.8 Å². The summed E-state index contributed by atoms with van der Waals surface area (Å²) in [5.74, 6) is 0. The molecule has 4 heteroatoms. The fraction of sp³-hybridized carbons (Fsp3) is 0.0625. The SMILES string of the molecule is Cn1nccc1-c1ccc(Cl)cc1Cl.c1ccccc1. The normalized spacial score (nSPS) is 9.75. The largest absolute Gasteiger partial charge is 0.268 e. The molecule has 0 N–H and O–H groups in total. The first-order valence-corrected chi connectivity index (χ1v) is 6.87. The number of nitrogens with zero attached hydrogens (tertiary/aromatic N) is 2. The third-order valence-electron chi connectivity index (χ3n) is 2.69. The second-order valence-corrected chi connectivity index (χ2v) is 4.96. The Morgan fingerprint density at radius 1 is 0.900 bits per heavy atom. The van der Waals surface area contributed by atoms with Crippen LogP contribution in [0.4, 0.5) is 0 Å². The van der Waals surface area contributed by atoms with Gasteiger partial charge in [-0.25, -0.2) is 0 Å². The molecule has 0 spiro atoms. The van der Waals surface area contributed by atoms with Crippen LogP contribution in [-0.2, 0) is 7.05 Å². The van der Waals surface area contributed by atoms with Crippen LogP contribution in [0.25, 0.3) is 11.3 Å². The summed E-state index contributed by atoms with van der Waals surface area (Å²) in [7, 11) is 1.88. The fourth-order valence-electron chi connectivity index (χ4n) is 1.72. The summed E-state index contributed by atoms with van der Waals surface area (Å²) in [5, 5.41) is 5.36. The summed E-state index contributed by atoms with van der Waals surface area (Å²) in [6.07, 6.45) is 1.74. The van der Waals surface area contributed by atoms with Crippen LogP contribution < -0.4 is 0 Å². The highest BCUT2D eigenvalue weighted by molar-refractivity contribution is 6.36. The van der Waals surface area contributed by atoms with Crippen molar-refractivity contribution in [3.05, 3.63) is 76.9 Å². The Morgan fingerprint density at radius 2 is 1.50 bits per heavy atom. The Morgan fingerprint density at radius 3 is 1.95 bits per heavy atom. The molecule has 0 unspecified atom stereocenters. The number of aromatic nitrogens is 2. The van der Waals surface area contributed by atoms with Crippen molar-refractivity contribution >= 4 is 23.2 Å². The maximum atomic E-state index is 6.07. The van der Waals surface area contributed by atoms with Crippen LogP contribution in [-0.4, -0.2) is 9.78 Å². The second kappa shape index (κ2) is 7.13. The molecule has 102 valence electrons. The maximum absolute atomic E-state index is 6.07. The first-order chi connectivity index (χ1) is 9.68. The van der Waals surface area contributed by atoms with Gasteiger partial charge in [0.2, 0.25) is 0 Å². The van der Waals surface area contributed by atoms with E-state index in [9.17, 15) is 0 Å². The quantitative estimate of drug-likeness (QED) is 0.613. The summed E-state index contributed by atoms with van der Waals surface area (Å²) in [4.78, 5) is 0. The molecule has 0 bridgehead atoms. The molecule has 0 saturated heterocycles. The molecule has 1 aromatic heterocycles. The smallest absolute Gasteiger partial charge is 0.0693 e. The van der Waals surface area contributed by atoms with E-state index in [2.05, 4.69) is 5.10 Å². The Hall–Kier alpha value is -1.77. The van der Waals surface area contributed by atoms with Crippen LogP contribution in [0.5, 0.6) is 0 Å². The number of halogens is 2. The van der Waals surface area contributed by atoms with Gasteiger partial charge in [0.1, 0.15) is 0 Å². The molecule has 2 aromatic carbocycles. The first kappa shape index (κ1) is 14.6. The molecule has 0 saturated carbocycles. The third kappa shape index (κ3) is 3.86. The molecule has 0 aliphatic rings. The van der Waals surface area contributed by atoms with Crippen LogP contribution in [0.15, 0.2) is 66.9 Å². The van der Waals surface area contributed by atoms with Crippen molar-refractivity contribution in [2.75, 3.05) is 0 Å². The first-order valence-electron chi connectivity index (χ1n) is 6.12. The minimum atomic E-state index is 0.640. The lowest BCUT2D eigenvalue weighted by Gasteiger charge is -2.04. The Kier molecular flexibility index (Phi) is 5.22. The van der Waals surface area contributed by atoms with E-state index in [1.165, 1.54) is 0 Å². The molecular weight excluding hydrogens is 291 g/mol. The van der Waals surface area contributed by atoms with E-state index in [0.29, 0.717) is 10.0 Å². The number of hydrogen-bond acceptors (Lipinski definition) is 1. The molecule has 0 amide bonds. The lowest BCUT2D eigenvalue weighted by atomic mass is 10.1. The number of aryl methyl sites for hydroxylation is 1. The molecule has 0 fully saturated rings. The van der Waals surface area contributed by atoms with E-state index < -0.39 is 0 Å². The average molecular weight is 305 g/mol. The fourth-order valence-corrected chi connectivity index (χ4v) is 2.23. The van der Waals surface area contributed by atoms with E-state index in [-0.39, 0.29) is 0 Å². The number of benzene rings is 2. The van der Waals surface area contributed by atoms with E-state index in [1.807, 2.05) is 61.6 Å². The van der Waals surface area contributed by atoms with E-state index in [4.69, 9.17) is 23.2 Å². The van der Waals surface area contributed by atoms with Gasteiger partial charge in [-0.3, -0.25) is 4.68 Å². The Bertz CT molecular complexity index is 637. The molecule has 3 rings (SSSR count). The zero-order valence-electron chi connectivity index (χ0n) is 11.0. The van der Waals surface area contributed by atoms with Crippen molar-refractivity contribution in [3.8, 4) is 11.3 Å². The Labute approximate surface area is 128 Å². The van der Waals surface area contributed by atoms with Gasteiger partial charge in [0.15, 0.2) is 0 Å². The summed E-state index contributed by atoms with van der Waals surface area (Å²) < 4.78 is 1.77. The van der Waals surface area contributed by atoms with Crippen LogP contribution in [0.2, 0.25) is 10.0 Å². The van der Waals surface area contributed by atoms with Gasteiger partial charge in [-0.2, -0.15) is 5.10 Å². The minimum absolute atomic E-state index is 0.640. The topological polar surface area (TPSA) is 17.8 Å². The standard InChI is InChI=1S/C10H8Cl2N2.C6H6/c1-14-10(4-5-13-14)8-3-2-7(11)6-9(8)12;1-2-4-6-5-3-1/h2-6H,1H3;1-6H. The van der Waals surface area contributed by atoms with Gasteiger partial charge < -0.3 is 0 Å². The van der Waals surface area contributed by atoms with Gasteiger partial charge in [0.05, 0.1) is 10.7 Å². The minimum Gasteiger partial charge on any atom is -0.268 e. The van der Waals surface area contributed by atoms with E-state index >= 15 is 0 Å². The molecule has 0 atom stereocenters. The van der Waals surface area contributed by atoms with Crippen LogP contribution in [0.1, 0.15) is 0 Å². The van der Waals surface area contributed by atoms with Crippen LogP contribution in [0, 0.1) is 0 Å². The summed E-state index contributed by atoms with van der Waals surface area (Å²) in [5.41, 5.74) is 1.92. The predicted molar refractivity (Wildman–Crippen MR) is 85.1 cm³/mol. The summed E-state index contributed by atoms with van der Waals surface area (Å²) >= 11 is 11.9. The van der Waals surface area contributed by atoms with Gasteiger partial charge >= 0.3 is 0 Å². The monoisotopic (exact) mass is 304 g/mol. The van der Waals surface area contributed by atoms with Crippen LogP contribution >= 0.6 is 23.2 Å². The van der Waals surface area contributed by atoms with Gasteiger partial charge in [0.25, 0.3) is 0 Å². The third-order valence-corrected chi connectivity index (χ3v) is 3.24. The van der Waals surface area contributed by atoms with Crippen molar-refractivity contribution in [1.29, 1.82) is 0 Å². The van der Waals surface area contributed by atoms with Crippen molar-refractivity contribution in [2.45, 2.75) is 0 Å². The van der Waals surface area contributed by atoms with Gasteiger partial charge in [-0.15, -0.1) is 0 Å². The summed E-state index contributed by atoms with van der Waals surface area (Å²) in [6, 6.07) is 19.3. The summed E-state index contributed by atoms with van der Waals surface area (Å²) in [6.45, 7) is 0. The molecule has 0 radical (unpaired) electrons. The molecule has 1 heterocycles. The Balaban J connectivity index is 0.000000205.